The zero-order valence-electron chi connectivity index (χ0n) is 19.4. The summed E-state index contributed by atoms with van der Waals surface area (Å²) in [6.45, 7) is 5.57. The SMILES string of the molecule is CCN(CC)S(=O)(=O)c1ccc(N2CCCCC2)c(NC(=O)COc2ccc([N+](=O)[O-])cc2)c1. The summed E-state index contributed by atoms with van der Waals surface area (Å²) in [7, 11) is -3.70. The zero-order valence-corrected chi connectivity index (χ0v) is 20.2. The lowest BCUT2D eigenvalue weighted by atomic mass is 10.1. The normalized spacial score (nSPS) is 14.1. The van der Waals surface area contributed by atoms with Crippen LogP contribution in [0.3, 0.4) is 0 Å². The lowest BCUT2D eigenvalue weighted by Crippen LogP contribution is -2.32. The van der Waals surface area contributed by atoms with Gasteiger partial charge in [-0.15, -0.1) is 0 Å². The first-order valence-electron chi connectivity index (χ1n) is 11.3. The molecule has 11 heteroatoms. The van der Waals surface area contributed by atoms with Crippen LogP contribution in [0, 0.1) is 10.1 Å². The van der Waals surface area contributed by atoms with Crippen molar-refractivity contribution >= 4 is 33.0 Å². The average molecular weight is 491 g/mol. The summed E-state index contributed by atoms with van der Waals surface area (Å²) in [6.07, 6.45) is 3.18. The number of amides is 1. The van der Waals surface area contributed by atoms with Gasteiger partial charge in [-0.2, -0.15) is 4.31 Å². The van der Waals surface area contributed by atoms with Gasteiger partial charge in [-0.1, -0.05) is 13.8 Å². The Morgan fingerprint density at radius 2 is 1.74 bits per heavy atom. The molecule has 1 saturated heterocycles. The molecule has 0 aromatic heterocycles. The van der Waals surface area contributed by atoms with E-state index in [0.29, 0.717) is 24.5 Å². The lowest BCUT2D eigenvalue weighted by molar-refractivity contribution is -0.384. The second-order valence-electron chi connectivity index (χ2n) is 7.90. The number of carbonyl (C=O) groups is 1. The first-order valence-corrected chi connectivity index (χ1v) is 12.8. The van der Waals surface area contributed by atoms with Crippen molar-refractivity contribution in [2.45, 2.75) is 38.0 Å². The molecule has 184 valence electrons. The van der Waals surface area contributed by atoms with Crippen LogP contribution in [-0.2, 0) is 14.8 Å². The van der Waals surface area contributed by atoms with E-state index < -0.39 is 20.9 Å². The highest BCUT2D eigenvalue weighted by Gasteiger charge is 2.24. The summed E-state index contributed by atoms with van der Waals surface area (Å²) in [5.41, 5.74) is 1.10. The number of sulfonamides is 1. The maximum atomic E-state index is 13.0. The number of ether oxygens (including phenoxy) is 1. The van der Waals surface area contributed by atoms with Gasteiger partial charge < -0.3 is 15.0 Å². The van der Waals surface area contributed by atoms with Crippen molar-refractivity contribution < 1.29 is 22.9 Å². The van der Waals surface area contributed by atoms with Gasteiger partial charge in [0.1, 0.15) is 5.75 Å². The third kappa shape index (κ3) is 6.03. The number of nitro benzene ring substituents is 1. The quantitative estimate of drug-likeness (QED) is 0.398. The van der Waals surface area contributed by atoms with E-state index in [1.807, 2.05) is 0 Å². The molecular formula is C23H30N4O6S. The van der Waals surface area contributed by atoms with E-state index in [4.69, 9.17) is 4.74 Å². The highest BCUT2D eigenvalue weighted by molar-refractivity contribution is 7.89. The van der Waals surface area contributed by atoms with Crippen molar-refractivity contribution in [3.63, 3.8) is 0 Å². The number of non-ortho nitro benzene ring substituents is 1. The Labute approximate surface area is 199 Å². The number of piperidine rings is 1. The van der Waals surface area contributed by atoms with Gasteiger partial charge in [0, 0.05) is 38.3 Å². The molecule has 3 rings (SSSR count). The number of carbonyl (C=O) groups excluding carboxylic acids is 1. The van der Waals surface area contributed by atoms with E-state index in [1.165, 1.54) is 34.6 Å². The van der Waals surface area contributed by atoms with Crippen LogP contribution in [0.15, 0.2) is 47.4 Å². The van der Waals surface area contributed by atoms with Crippen molar-refractivity contribution in [1.29, 1.82) is 0 Å². The Morgan fingerprint density at radius 3 is 2.32 bits per heavy atom. The smallest absolute Gasteiger partial charge is 0.269 e. The van der Waals surface area contributed by atoms with Crippen LogP contribution in [0.25, 0.3) is 0 Å². The molecule has 2 aromatic rings. The van der Waals surface area contributed by atoms with Crippen LogP contribution in [-0.4, -0.2) is 56.3 Å². The summed E-state index contributed by atoms with van der Waals surface area (Å²) in [4.78, 5) is 25.2. The molecule has 0 atom stereocenters. The van der Waals surface area contributed by atoms with E-state index in [1.54, 1.807) is 26.0 Å². The zero-order chi connectivity index (χ0) is 24.7. The topological polar surface area (TPSA) is 122 Å². The van der Waals surface area contributed by atoms with Crippen LogP contribution in [0.1, 0.15) is 33.1 Å². The molecular weight excluding hydrogens is 460 g/mol. The summed E-state index contributed by atoms with van der Waals surface area (Å²) in [6, 6.07) is 10.3. The summed E-state index contributed by atoms with van der Waals surface area (Å²) in [5, 5.41) is 13.6. The number of benzene rings is 2. The molecule has 0 spiro atoms. The fourth-order valence-corrected chi connectivity index (χ4v) is 5.38. The molecule has 0 aliphatic carbocycles. The molecule has 0 unspecified atom stereocenters. The minimum atomic E-state index is -3.70. The fraction of sp³-hybridized carbons (Fsp3) is 0.435. The number of nitro groups is 1. The monoisotopic (exact) mass is 490 g/mol. The van der Waals surface area contributed by atoms with E-state index in [9.17, 15) is 23.3 Å². The van der Waals surface area contributed by atoms with E-state index >= 15 is 0 Å². The van der Waals surface area contributed by atoms with Gasteiger partial charge in [-0.25, -0.2) is 8.42 Å². The Morgan fingerprint density at radius 1 is 1.09 bits per heavy atom. The minimum absolute atomic E-state index is 0.0748. The third-order valence-electron chi connectivity index (χ3n) is 5.70. The number of hydrogen-bond acceptors (Lipinski definition) is 7. The highest BCUT2D eigenvalue weighted by atomic mass is 32.2. The van der Waals surface area contributed by atoms with E-state index in [-0.39, 0.29) is 17.2 Å². The number of rotatable bonds is 10. The van der Waals surface area contributed by atoms with Crippen molar-refractivity contribution in [2.75, 3.05) is 43.0 Å². The summed E-state index contributed by atoms with van der Waals surface area (Å²) in [5.74, 6) is -0.149. The first kappa shape index (κ1) is 25.4. The van der Waals surface area contributed by atoms with Crippen LogP contribution in [0.5, 0.6) is 5.75 Å². The molecule has 1 aliphatic rings. The number of nitrogens with one attached hydrogen (secondary N) is 1. The number of hydrogen-bond donors (Lipinski definition) is 1. The Kier molecular flexibility index (Phi) is 8.46. The maximum Gasteiger partial charge on any atom is 0.269 e. The second kappa shape index (κ2) is 11.3. The van der Waals surface area contributed by atoms with E-state index in [2.05, 4.69) is 10.2 Å². The predicted molar refractivity (Wildman–Crippen MR) is 130 cm³/mol. The van der Waals surface area contributed by atoms with Crippen molar-refractivity contribution in [3.05, 3.63) is 52.6 Å². The molecule has 1 heterocycles. The Hall–Kier alpha value is -3.18. The predicted octanol–water partition coefficient (Wildman–Crippen LogP) is 3.63. The first-order chi connectivity index (χ1) is 16.3. The van der Waals surface area contributed by atoms with E-state index in [0.717, 1.165) is 38.0 Å². The van der Waals surface area contributed by atoms with Gasteiger partial charge in [-0.05, 0) is 49.6 Å². The minimum Gasteiger partial charge on any atom is -0.484 e. The molecule has 0 bridgehead atoms. The van der Waals surface area contributed by atoms with Gasteiger partial charge in [-0.3, -0.25) is 14.9 Å². The van der Waals surface area contributed by atoms with Gasteiger partial charge in [0.05, 0.1) is 21.2 Å². The van der Waals surface area contributed by atoms with Crippen LogP contribution in [0.4, 0.5) is 17.1 Å². The molecule has 34 heavy (non-hydrogen) atoms. The standard InChI is InChI=1S/C23H30N4O6S/c1-3-26(4-2)34(31,32)20-12-13-22(25-14-6-5-7-15-25)21(16-20)24-23(28)17-33-19-10-8-18(9-11-19)27(29)30/h8-13,16H,3-7,14-15,17H2,1-2H3,(H,24,28). The summed E-state index contributed by atoms with van der Waals surface area (Å²) < 4.78 is 32.9. The lowest BCUT2D eigenvalue weighted by Gasteiger charge is -2.31. The molecule has 2 aromatic carbocycles. The Balaban J connectivity index is 1.81. The van der Waals surface area contributed by atoms with Gasteiger partial charge in [0.15, 0.2) is 6.61 Å². The molecule has 1 fully saturated rings. The fourth-order valence-electron chi connectivity index (χ4n) is 3.90. The molecule has 1 amide bonds. The van der Waals surface area contributed by atoms with Gasteiger partial charge in [0.25, 0.3) is 11.6 Å². The molecule has 10 nitrogen and oxygen atoms in total. The van der Waals surface area contributed by atoms with Gasteiger partial charge in [0.2, 0.25) is 10.0 Å². The molecule has 0 radical (unpaired) electrons. The van der Waals surface area contributed by atoms with Crippen molar-refractivity contribution in [3.8, 4) is 5.75 Å². The Bertz CT molecular complexity index is 1110. The second-order valence-corrected chi connectivity index (χ2v) is 9.84. The van der Waals surface area contributed by atoms with Crippen molar-refractivity contribution in [1.82, 2.24) is 4.31 Å². The molecule has 1 aliphatic heterocycles. The van der Waals surface area contributed by atoms with Crippen LogP contribution >= 0.6 is 0 Å². The number of nitrogens with zero attached hydrogens (tertiary/aromatic N) is 3. The highest BCUT2D eigenvalue weighted by Crippen LogP contribution is 2.32. The van der Waals surface area contributed by atoms with Gasteiger partial charge >= 0.3 is 0 Å². The maximum absolute atomic E-state index is 13.0. The molecule has 1 N–H and O–H groups in total. The summed E-state index contributed by atoms with van der Waals surface area (Å²) >= 11 is 0. The average Bonchev–Trinajstić information content (AvgIpc) is 2.84. The van der Waals surface area contributed by atoms with Crippen molar-refractivity contribution in [2.24, 2.45) is 0 Å². The largest absolute Gasteiger partial charge is 0.484 e. The number of anilines is 2. The van der Waals surface area contributed by atoms with Crippen LogP contribution < -0.4 is 15.0 Å². The van der Waals surface area contributed by atoms with Crippen LogP contribution in [0.2, 0.25) is 0 Å². The third-order valence-corrected chi connectivity index (χ3v) is 7.75. The molecule has 0 saturated carbocycles.